The molecule has 2 atom stereocenters. The first-order chi connectivity index (χ1) is 19.3. The third kappa shape index (κ3) is 11.3. The number of carbonyl (C=O) groups excluding carboxylic acids is 4. The SMILES string of the molecule is CC(C)C(NC(=O)NCC(C)(C)OC(=O)OCOC(=O)CS(=O)(=O)O)C(=O)N1CCC(c2ccc(Cl)cc2)C(C)(C)C1. The number of amides is 3. The standard InChI is InChI=1S/C27H40ClN3O10S/c1-17(2)22(23(33)31-12-11-20(26(3,4)15-31)18-7-9-19(28)10-8-18)30-24(34)29-14-27(5,6)41-25(35)40-16-39-21(32)13-42(36,37)38/h7-10,17,20,22H,11-16H2,1-6H3,(H2,29,30,34)(H,36,37,38). The monoisotopic (exact) mass is 633 g/mol. The van der Waals surface area contributed by atoms with Gasteiger partial charge in [0.15, 0.2) is 5.75 Å². The van der Waals surface area contributed by atoms with Crippen LogP contribution >= 0.6 is 11.6 Å². The highest BCUT2D eigenvalue weighted by Gasteiger charge is 2.40. The minimum absolute atomic E-state index is 0.158. The molecule has 0 aromatic heterocycles. The number of urea groups is 1. The van der Waals surface area contributed by atoms with Gasteiger partial charge in [0.1, 0.15) is 11.6 Å². The number of carbonyl (C=O) groups is 4. The van der Waals surface area contributed by atoms with Crippen molar-refractivity contribution in [3.05, 3.63) is 34.9 Å². The maximum Gasteiger partial charge on any atom is 0.511 e. The second-order valence-electron chi connectivity index (χ2n) is 11.8. The second-order valence-corrected chi connectivity index (χ2v) is 13.7. The zero-order valence-electron chi connectivity index (χ0n) is 24.6. The van der Waals surface area contributed by atoms with Crippen molar-refractivity contribution in [3.63, 3.8) is 0 Å². The molecule has 236 valence electrons. The van der Waals surface area contributed by atoms with Crippen molar-refractivity contribution in [1.82, 2.24) is 15.5 Å². The molecule has 1 aromatic rings. The van der Waals surface area contributed by atoms with Gasteiger partial charge in [-0.3, -0.25) is 14.1 Å². The molecule has 2 rings (SSSR count). The highest BCUT2D eigenvalue weighted by molar-refractivity contribution is 7.86. The first-order valence-corrected chi connectivity index (χ1v) is 15.3. The molecule has 42 heavy (non-hydrogen) atoms. The number of hydrogen-bond acceptors (Lipinski definition) is 9. The van der Waals surface area contributed by atoms with Crippen LogP contribution in [0.2, 0.25) is 5.02 Å². The van der Waals surface area contributed by atoms with E-state index < -0.39 is 52.5 Å². The van der Waals surface area contributed by atoms with Gasteiger partial charge in [0.25, 0.3) is 10.1 Å². The van der Waals surface area contributed by atoms with Gasteiger partial charge in [-0.25, -0.2) is 9.59 Å². The molecule has 0 radical (unpaired) electrons. The fourth-order valence-electron chi connectivity index (χ4n) is 4.68. The molecule has 1 aromatic carbocycles. The Morgan fingerprint density at radius 2 is 1.76 bits per heavy atom. The van der Waals surface area contributed by atoms with Gasteiger partial charge in [0, 0.05) is 18.1 Å². The number of rotatable bonds is 11. The molecule has 3 N–H and O–H groups in total. The Morgan fingerprint density at radius 1 is 1.14 bits per heavy atom. The van der Waals surface area contributed by atoms with Crippen LogP contribution in [0.15, 0.2) is 24.3 Å². The molecule has 0 spiro atoms. The first-order valence-electron chi connectivity index (χ1n) is 13.3. The van der Waals surface area contributed by atoms with Crippen LogP contribution in [0.3, 0.4) is 0 Å². The smallest absolute Gasteiger partial charge is 0.427 e. The number of esters is 1. The summed E-state index contributed by atoms with van der Waals surface area (Å²) in [5.41, 5.74) is -0.310. The predicted octanol–water partition coefficient (Wildman–Crippen LogP) is 3.33. The lowest BCUT2D eigenvalue weighted by atomic mass is 9.70. The largest absolute Gasteiger partial charge is 0.511 e. The van der Waals surface area contributed by atoms with Gasteiger partial charge in [0.05, 0.1) is 6.54 Å². The van der Waals surface area contributed by atoms with E-state index in [0.29, 0.717) is 18.1 Å². The van der Waals surface area contributed by atoms with Crippen LogP contribution in [-0.4, -0.2) is 85.8 Å². The first kappa shape index (κ1) is 35.1. The Kier molecular flexibility index (Phi) is 12.0. The summed E-state index contributed by atoms with van der Waals surface area (Å²) in [6.07, 6.45) is -0.486. The number of piperidine rings is 1. The fraction of sp³-hybridized carbons (Fsp3) is 0.630. The predicted molar refractivity (Wildman–Crippen MR) is 153 cm³/mol. The zero-order valence-corrected chi connectivity index (χ0v) is 26.2. The molecule has 1 aliphatic heterocycles. The minimum atomic E-state index is -4.58. The molecule has 2 unspecified atom stereocenters. The zero-order chi connectivity index (χ0) is 31.9. The summed E-state index contributed by atoms with van der Waals surface area (Å²) in [6.45, 7) is 10.8. The van der Waals surface area contributed by atoms with Gasteiger partial charge in [-0.05, 0) is 55.2 Å². The second kappa shape index (κ2) is 14.4. The molecule has 1 aliphatic rings. The van der Waals surface area contributed by atoms with Gasteiger partial charge >= 0.3 is 18.2 Å². The van der Waals surface area contributed by atoms with Gasteiger partial charge in [-0.1, -0.05) is 51.4 Å². The van der Waals surface area contributed by atoms with E-state index in [9.17, 15) is 27.6 Å². The molecule has 0 saturated carbocycles. The molecule has 13 nitrogen and oxygen atoms in total. The van der Waals surface area contributed by atoms with E-state index in [1.165, 1.54) is 19.4 Å². The van der Waals surface area contributed by atoms with Crippen LogP contribution in [0.4, 0.5) is 9.59 Å². The summed E-state index contributed by atoms with van der Waals surface area (Å²) in [7, 11) is -4.58. The number of halogens is 1. The topological polar surface area (TPSA) is 178 Å². The molecule has 1 saturated heterocycles. The van der Waals surface area contributed by atoms with E-state index in [4.69, 9.17) is 20.9 Å². The number of hydrogen-bond donors (Lipinski definition) is 3. The van der Waals surface area contributed by atoms with Crippen molar-refractivity contribution < 1.29 is 46.4 Å². The summed E-state index contributed by atoms with van der Waals surface area (Å²) in [5.74, 6) is -2.78. The van der Waals surface area contributed by atoms with Gasteiger partial charge in [0.2, 0.25) is 12.7 Å². The van der Waals surface area contributed by atoms with Crippen LogP contribution in [0, 0.1) is 11.3 Å². The molecule has 3 amide bonds. The summed E-state index contributed by atoms with van der Waals surface area (Å²) in [5, 5.41) is 5.97. The van der Waals surface area contributed by atoms with Crippen LogP contribution in [-0.2, 0) is 33.9 Å². The fourth-order valence-corrected chi connectivity index (χ4v) is 5.19. The number of nitrogens with one attached hydrogen (secondary N) is 2. The maximum absolute atomic E-state index is 13.5. The van der Waals surface area contributed by atoms with E-state index >= 15 is 0 Å². The van der Waals surface area contributed by atoms with E-state index in [0.717, 1.165) is 6.42 Å². The number of benzene rings is 1. The van der Waals surface area contributed by atoms with Crippen molar-refractivity contribution in [2.24, 2.45) is 11.3 Å². The number of likely N-dealkylation sites (tertiary alicyclic amines) is 1. The van der Waals surface area contributed by atoms with Crippen LogP contribution < -0.4 is 10.6 Å². The van der Waals surface area contributed by atoms with E-state index in [-0.39, 0.29) is 29.7 Å². The third-order valence-electron chi connectivity index (χ3n) is 6.76. The number of nitrogens with zero attached hydrogens (tertiary/aromatic N) is 1. The molecule has 1 heterocycles. The average molecular weight is 634 g/mol. The Labute approximate surface area is 251 Å². The molecule has 1 fully saturated rings. The average Bonchev–Trinajstić information content (AvgIpc) is 2.84. The summed E-state index contributed by atoms with van der Waals surface area (Å²) in [4.78, 5) is 51.1. The Hall–Kier alpha value is -3.10. The third-order valence-corrected chi connectivity index (χ3v) is 7.62. The highest BCUT2D eigenvalue weighted by atomic mass is 35.5. The van der Waals surface area contributed by atoms with Gasteiger partial charge in [-0.2, -0.15) is 8.42 Å². The Bertz CT molecular complexity index is 1240. The normalized spacial score (nSPS) is 17.6. The van der Waals surface area contributed by atoms with Crippen molar-refractivity contribution in [1.29, 1.82) is 0 Å². The summed E-state index contributed by atoms with van der Waals surface area (Å²) < 4.78 is 43.9. The molecule has 15 heteroatoms. The van der Waals surface area contributed by atoms with Crippen LogP contribution in [0.25, 0.3) is 0 Å². The highest BCUT2D eigenvalue weighted by Crippen LogP contribution is 2.42. The summed E-state index contributed by atoms with van der Waals surface area (Å²) in [6, 6.07) is 6.33. The van der Waals surface area contributed by atoms with E-state index in [1.807, 2.05) is 38.1 Å². The van der Waals surface area contributed by atoms with Gasteiger partial charge in [-0.15, -0.1) is 0 Å². The van der Waals surface area contributed by atoms with Crippen molar-refractivity contribution in [2.45, 2.75) is 65.5 Å². The molecular weight excluding hydrogens is 594 g/mol. The summed E-state index contributed by atoms with van der Waals surface area (Å²) >= 11 is 6.05. The van der Waals surface area contributed by atoms with E-state index in [1.54, 1.807) is 4.90 Å². The van der Waals surface area contributed by atoms with Crippen molar-refractivity contribution >= 4 is 45.8 Å². The van der Waals surface area contributed by atoms with Crippen molar-refractivity contribution in [3.8, 4) is 0 Å². The molecule has 0 bridgehead atoms. The van der Waals surface area contributed by atoms with Crippen LogP contribution in [0.1, 0.15) is 59.4 Å². The van der Waals surface area contributed by atoms with Crippen molar-refractivity contribution in [2.75, 3.05) is 32.2 Å². The number of ether oxygens (including phenoxy) is 3. The quantitative estimate of drug-likeness (QED) is 0.186. The Morgan fingerprint density at radius 3 is 2.31 bits per heavy atom. The molecular formula is C27H40ClN3O10S. The van der Waals surface area contributed by atoms with E-state index in [2.05, 4.69) is 34.0 Å². The molecule has 0 aliphatic carbocycles. The Balaban J connectivity index is 1.88. The minimum Gasteiger partial charge on any atom is -0.427 e. The lowest BCUT2D eigenvalue weighted by Crippen LogP contribution is -2.58. The lowest BCUT2D eigenvalue weighted by Gasteiger charge is -2.45. The lowest BCUT2D eigenvalue weighted by molar-refractivity contribution is -0.151. The maximum atomic E-state index is 13.5. The van der Waals surface area contributed by atoms with Gasteiger partial charge < -0.3 is 29.7 Å². The van der Waals surface area contributed by atoms with Crippen LogP contribution in [0.5, 0.6) is 0 Å².